The molecule has 0 spiro atoms. The van der Waals surface area contributed by atoms with Gasteiger partial charge in [-0.05, 0) is 31.9 Å². The van der Waals surface area contributed by atoms with Gasteiger partial charge in [-0.3, -0.25) is 0 Å². The van der Waals surface area contributed by atoms with E-state index in [0.717, 1.165) is 33.5 Å². The smallest absolute Gasteiger partial charge is 0.162 e. The SMILES string of the molecule is Cc1ccc(C(CF)n2nc(COCc3ccccc3)c3c(C)nc(C)nc32)cc1. The Bertz CT molecular complexity index is 1140. The van der Waals surface area contributed by atoms with Gasteiger partial charge in [0.25, 0.3) is 0 Å². The summed E-state index contributed by atoms with van der Waals surface area (Å²) in [5.74, 6) is 0.638. The molecule has 5 nitrogen and oxygen atoms in total. The van der Waals surface area contributed by atoms with Crippen molar-refractivity contribution in [1.82, 2.24) is 19.7 Å². The number of ether oxygens (including phenoxy) is 1. The molecule has 0 N–H and O–H groups in total. The van der Waals surface area contributed by atoms with Gasteiger partial charge in [0.2, 0.25) is 0 Å². The molecule has 0 saturated carbocycles. The third-order valence-electron chi connectivity index (χ3n) is 5.17. The molecule has 4 aromatic rings. The Morgan fingerprint density at radius 1 is 0.933 bits per heavy atom. The van der Waals surface area contributed by atoms with Gasteiger partial charge in [0.15, 0.2) is 5.65 Å². The van der Waals surface area contributed by atoms with Crippen molar-refractivity contribution >= 4 is 11.0 Å². The number of hydrogen-bond donors (Lipinski definition) is 0. The first-order valence-corrected chi connectivity index (χ1v) is 10.0. The van der Waals surface area contributed by atoms with E-state index in [2.05, 4.69) is 9.97 Å². The van der Waals surface area contributed by atoms with E-state index in [-0.39, 0.29) is 0 Å². The number of benzene rings is 2. The van der Waals surface area contributed by atoms with E-state index in [1.54, 1.807) is 4.68 Å². The Labute approximate surface area is 175 Å². The zero-order valence-corrected chi connectivity index (χ0v) is 17.5. The van der Waals surface area contributed by atoms with Gasteiger partial charge in [0, 0.05) is 0 Å². The molecule has 1 atom stereocenters. The summed E-state index contributed by atoms with van der Waals surface area (Å²) in [5.41, 5.74) is 5.27. The standard InChI is InChI=1S/C24H25FN4O/c1-16-9-11-20(12-10-16)22(13-25)29-24-23(17(2)26-18(3)27-24)21(28-29)15-30-14-19-7-5-4-6-8-19/h4-12,22H,13-15H2,1-3H3. The average molecular weight is 404 g/mol. The van der Waals surface area contributed by atoms with Gasteiger partial charge < -0.3 is 4.74 Å². The van der Waals surface area contributed by atoms with Gasteiger partial charge in [-0.1, -0.05) is 60.2 Å². The van der Waals surface area contributed by atoms with Crippen LogP contribution < -0.4 is 0 Å². The van der Waals surface area contributed by atoms with Crippen molar-refractivity contribution in [3.05, 3.63) is 88.5 Å². The van der Waals surface area contributed by atoms with Crippen LogP contribution in [0.5, 0.6) is 0 Å². The molecule has 154 valence electrons. The lowest BCUT2D eigenvalue weighted by molar-refractivity contribution is 0.104. The summed E-state index contributed by atoms with van der Waals surface area (Å²) in [7, 11) is 0. The molecule has 0 aliphatic carbocycles. The number of alkyl halides is 1. The Balaban J connectivity index is 1.71. The van der Waals surface area contributed by atoms with Crippen LogP contribution >= 0.6 is 0 Å². The van der Waals surface area contributed by atoms with Gasteiger partial charge in [-0.15, -0.1) is 0 Å². The van der Waals surface area contributed by atoms with Crippen LogP contribution in [0, 0.1) is 20.8 Å². The first kappa shape index (κ1) is 20.2. The highest BCUT2D eigenvalue weighted by atomic mass is 19.1. The van der Waals surface area contributed by atoms with Gasteiger partial charge in [-0.25, -0.2) is 19.0 Å². The maximum atomic E-state index is 14.2. The lowest BCUT2D eigenvalue weighted by Crippen LogP contribution is -2.15. The molecule has 6 heteroatoms. The number of nitrogens with zero attached hydrogens (tertiary/aromatic N) is 4. The molecule has 0 amide bonds. The van der Waals surface area contributed by atoms with Crippen LogP contribution in [-0.4, -0.2) is 26.4 Å². The molecule has 0 fully saturated rings. The molecule has 0 aliphatic rings. The summed E-state index contributed by atoms with van der Waals surface area (Å²) in [6, 6.07) is 17.3. The van der Waals surface area contributed by atoms with Crippen LogP contribution in [0.15, 0.2) is 54.6 Å². The third-order valence-corrected chi connectivity index (χ3v) is 5.17. The molecule has 30 heavy (non-hydrogen) atoms. The van der Waals surface area contributed by atoms with Gasteiger partial charge in [-0.2, -0.15) is 5.10 Å². The molecule has 1 unspecified atom stereocenters. The Hall–Kier alpha value is -3.12. The highest BCUT2D eigenvalue weighted by Crippen LogP contribution is 2.28. The topological polar surface area (TPSA) is 52.8 Å². The van der Waals surface area contributed by atoms with Gasteiger partial charge in [0.1, 0.15) is 18.5 Å². The minimum atomic E-state index is -0.577. The molecule has 0 bridgehead atoms. The Kier molecular flexibility index (Phi) is 5.86. The number of rotatable bonds is 7. The van der Waals surface area contributed by atoms with Crippen LogP contribution in [0.3, 0.4) is 0 Å². The van der Waals surface area contributed by atoms with Gasteiger partial charge in [0.05, 0.1) is 30.0 Å². The van der Waals surface area contributed by atoms with E-state index in [4.69, 9.17) is 9.84 Å². The van der Waals surface area contributed by atoms with Crippen molar-refractivity contribution in [2.45, 2.75) is 40.0 Å². The minimum Gasteiger partial charge on any atom is -0.370 e. The third kappa shape index (κ3) is 4.09. The maximum absolute atomic E-state index is 14.2. The van der Waals surface area contributed by atoms with E-state index in [1.807, 2.05) is 75.4 Å². The highest BCUT2D eigenvalue weighted by Gasteiger charge is 2.23. The molecule has 2 aromatic carbocycles. The first-order valence-electron chi connectivity index (χ1n) is 10.0. The van der Waals surface area contributed by atoms with Crippen LogP contribution in [0.1, 0.15) is 39.9 Å². The van der Waals surface area contributed by atoms with Crippen molar-refractivity contribution < 1.29 is 9.13 Å². The fourth-order valence-electron chi connectivity index (χ4n) is 3.67. The van der Waals surface area contributed by atoms with E-state index < -0.39 is 12.7 Å². The summed E-state index contributed by atoms with van der Waals surface area (Å²) >= 11 is 0. The number of halogens is 1. The molecular weight excluding hydrogens is 379 g/mol. The number of aromatic nitrogens is 4. The lowest BCUT2D eigenvalue weighted by Gasteiger charge is -2.15. The van der Waals surface area contributed by atoms with E-state index >= 15 is 0 Å². The zero-order valence-electron chi connectivity index (χ0n) is 17.5. The van der Waals surface area contributed by atoms with Gasteiger partial charge >= 0.3 is 0 Å². The van der Waals surface area contributed by atoms with Crippen LogP contribution in [0.25, 0.3) is 11.0 Å². The number of aryl methyl sites for hydroxylation is 3. The Morgan fingerprint density at radius 2 is 1.67 bits per heavy atom. The van der Waals surface area contributed by atoms with E-state index in [1.165, 1.54) is 0 Å². The summed E-state index contributed by atoms with van der Waals surface area (Å²) in [5, 5.41) is 5.57. The van der Waals surface area contributed by atoms with E-state index in [0.29, 0.717) is 24.7 Å². The zero-order chi connectivity index (χ0) is 21.1. The monoisotopic (exact) mass is 404 g/mol. The summed E-state index contributed by atoms with van der Waals surface area (Å²) < 4.78 is 21.8. The lowest BCUT2D eigenvalue weighted by atomic mass is 10.1. The van der Waals surface area contributed by atoms with Crippen molar-refractivity contribution in [3.8, 4) is 0 Å². The Morgan fingerprint density at radius 3 is 2.37 bits per heavy atom. The second-order valence-corrected chi connectivity index (χ2v) is 7.51. The van der Waals surface area contributed by atoms with Crippen LogP contribution in [0.2, 0.25) is 0 Å². The second-order valence-electron chi connectivity index (χ2n) is 7.51. The van der Waals surface area contributed by atoms with Crippen LogP contribution in [-0.2, 0) is 18.0 Å². The first-order chi connectivity index (χ1) is 14.6. The minimum absolute atomic E-state index is 0.304. The average Bonchev–Trinajstić information content (AvgIpc) is 3.09. The maximum Gasteiger partial charge on any atom is 0.162 e. The van der Waals surface area contributed by atoms with Crippen molar-refractivity contribution in [1.29, 1.82) is 0 Å². The second kappa shape index (κ2) is 8.71. The van der Waals surface area contributed by atoms with Crippen molar-refractivity contribution in [3.63, 3.8) is 0 Å². The molecule has 2 heterocycles. The highest BCUT2D eigenvalue weighted by molar-refractivity contribution is 5.81. The largest absolute Gasteiger partial charge is 0.370 e. The normalized spacial score (nSPS) is 12.4. The fourth-order valence-corrected chi connectivity index (χ4v) is 3.67. The van der Waals surface area contributed by atoms with E-state index in [9.17, 15) is 4.39 Å². The summed E-state index contributed by atoms with van der Waals surface area (Å²) in [4.78, 5) is 9.10. The molecule has 0 radical (unpaired) electrons. The van der Waals surface area contributed by atoms with Crippen molar-refractivity contribution in [2.75, 3.05) is 6.67 Å². The molecule has 2 aromatic heterocycles. The number of hydrogen-bond acceptors (Lipinski definition) is 4. The quantitative estimate of drug-likeness (QED) is 0.434. The van der Waals surface area contributed by atoms with Crippen LogP contribution in [0.4, 0.5) is 4.39 Å². The predicted octanol–water partition coefficient (Wildman–Crippen LogP) is 5.03. The number of fused-ring (bicyclic) bond motifs is 1. The molecule has 0 aliphatic heterocycles. The molecule has 0 saturated heterocycles. The summed E-state index contributed by atoms with van der Waals surface area (Å²) in [6.45, 7) is 5.99. The predicted molar refractivity (Wildman–Crippen MR) is 115 cm³/mol. The summed E-state index contributed by atoms with van der Waals surface area (Å²) in [6.07, 6.45) is 0. The van der Waals surface area contributed by atoms with Crippen molar-refractivity contribution in [2.24, 2.45) is 0 Å². The molecule has 4 rings (SSSR count). The fraction of sp³-hybridized carbons (Fsp3) is 0.292. The molecular formula is C24H25FN4O.